The highest BCUT2D eigenvalue weighted by Crippen LogP contribution is 2.56. The summed E-state index contributed by atoms with van der Waals surface area (Å²) in [5, 5.41) is 21.1. The van der Waals surface area contributed by atoms with Crippen LogP contribution >= 0.6 is 0 Å². The van der Waals surface area contributed by atoms with Gasteiger partial charge in [0.15, 0.2) is 0 Å². The summed E-state index contributed by atoms with van der Waals surface area (Å²) in [6.45, 7) is 0.0184. The molecule has 0 bridgehead atoms. The Hall–Kier alpha value is -4.11. The van der Waals surface area contributed by atoms with E-state index in [1.165, 1.54) is 6.20 Å². The Morgan fingerprint density at radius 1 is 1.19 bits per heavy atom. The minimum Gasteiger partial charge on any atom is -0.384 e. The number of alkyl halides is 4. The van der Waals surface area contributed by atoms with E-state index in [0.717, 1.165) is 5.69 Å². The van der Waals surface area contributed by atoms with Gasteiger partial charge in [-0.25, -0.2) is 13.3 Å². The van der Waals surface area contributed by atoms with Crippen molar-refractivity contribution in [2.75, 3.05) is 23.3 Å². The zero-order valence-electron chi connectivity index (χ0n) is 22.9. The summed E-state index contributed by atoms with van der Waals surface area (Å²) in [5.74, 6) is -0.00158. The number of aromatic nitrogens is 5. The molecule has 0 radical (unpaired) electrons. The summed E-state index contributed by atoms with van der Waals surface area (Å²) in [4.78, 5) is 24.2. The van der Waals surface area contributed by atoms with Crippen LogP contribution in [0.1, 0.15) is 53.5 Å². The summed E-state index contributed by atoms with van der Waals surface area (Å²) < 4.78 is 62.4. The van der Waals surface area contributed by atoms with E-state index in [-0.39, 0.29) is 30.0 Å². The zero-order valence-corrected chi connectivity index (χ0v) is 22.9. The van der Waals surface area contributed by atoms with Crippen LogP contribution in [0.15, 0.2) is 41.3 Å². The highest BCUT2D eigenvalue weighted by molar-refractivity contribution is 6.09. The van der Waals surface area contributed by atoms with Crippen LogP contribution in [0.25, 0.3) is 16.9 Å². The third-order valence-electron chi connectivity index (χ3n) is 8.71. The second-order valence-corrected chi connectivity index (χ2v) is 11.8. The minimum atomic E-state index is -2.82. The number of fused-ring (bicyclic) bond motifs is 1. The first-order valence-electron chi connectivity index (χ1n) is 13.8. The number of aliphatic hydroxyl groups is 1. The van der Waals surface area contributed by atoms with E-state index in [1.807, 2.05) is 17.0 Å². The average molecular weight is 602 g/mol. The number of rotatable bonds is 8. The van der Waals surface area contributed by atoms with Crippen LogP contribution in [0.4, 0.5) is 28.9 Å². The second kappa shape index (κ2) is 9.98. The van der Waals surface area contributed by atoms with Crippen LogP contribution in [0.5, 0.6) is 0 Å². The number of carbonyl (C=O) groups excluding carboxylic acids is 1. The molecule has 2 saturated carbocycles. The highest BCUT2D eigenvalue weighted by atomic mass is 19.3. The first-order chi connectivity index (χ1) is 20.5. The van der Waals surface area contributed by atoms with Gasteiger partial charge in [0.2, 0.25) is 11.7 Å². The molecule has 4 aromatic rings. The molecule has 11 nitrogen and oxygen atoms in total. The number of halogens is 4. The summed E-state index contributed by atoms with van der Waals surface area (Å²) in [7, 11) is 0. The van der Waals surface area contributed by atoms with E-state index in [4.69, 9.17) is 4.52 Å². The maximum Gasteiger partial charge on any atom is 0.345 e. The van der Waals surface area contributed by atoms with Gasteiger partial charge in [-0.3, -0.25) is 9.78 Å². The fourth-order valence-corrected chi connectivity index (χ4v) is 6.43. The van der Waals surface area contributed by atoms with Gasteiger partial charge in [-0.2, -0.15) is 18.9 Å². The Bertz CT molecular complexity index is 1690. The normalized spacial score (nSPS) is 22.1. The lowest BCUT2D eigenvalue weighted by atomic mass is 9.55. The molecule has 1 spiro atoms. The number of nitrogens with zero attached hydrogens (tertiary/aromatic N) is 6. The topological polar surface area (TPSA) is 131 Å². The van der Waals surface area contributed by atoms with E-state index < -0.39 is 30.6 Å². The molecule has 0 aromatic carbocycles. The molecule has 3 aliphatic rings. The summed E-state index contributed by atoms with van der Waals surface area (Å²) in [5.41, 5.74) is 0.995. The zero-order chi connectivity index (χ0) is 30.1. The Morgan fingerprint density at radius 3 is 2.67 bits per heavy atom. The molecular weight excluding hydrogens is 574 g/mol. The van der Waals surface area contributed by atoms with Crippen LogP contribution in [-0.4, -0.2) is 73.6 Å². The number of aryl methyl sites for hydroxylation is 1. The SMILES string of the molecule is Cc1ncc(-c2noc(C3CC(OC(F)F)C3)n2)cc1NC(=O)c1cnn2ccc(N3CC4(C3)CC(O)(C(F)F)C4)cc12. The lowest BCUT2D eigenvalue weighted by molar-refractivity contribution is -0.209. The lowest BCUT2D eigenvalue weighted by Gasteiger charge is -2.62. The number of ether oxygens (including phenoxy) is 1. The summed E-state index contributed by atoms with van der Waals surface area (Å²) in [6.07, 6.45) is 2.32. The largest absolute Gasteiger partial charge is 0.384 e. The van der Waals surface area contributed by atoms with Crippen molar-refractivity contribution in [3.05, 3.63) is 53.9 Å². The molecule has 2 aliphatic carbocycles. The molecule has 1 aliphatic heterocycles. The van der Waals surface area contributed by atoms with E-state index in [9.17, 15) is 27.5 Å². The third kappa shape index (κ3) is 4.89. The van der Waals surface area contributed by atoms with Crippen molar-refractivity contribution in [2.24, 2.45) is 5.41 Å². The molecule has 7 rings (SSSR count). The van der Waals surface area contributed by atoms with Crippen molar-refractivity contribution in [1.82, 2.24) is 24.7 Å². The first kappa shape index (κ1) is 27.7. The molecule has 2 N–H and O–H groups in total. The van der Waals surface area contributed by atoms with Crippen molar-refractivity contribution in [2.45, 2.75) is 63.3 Å². The van der Waals surface area contributed by atoms with Gasteiger partial charge < -0.3 is 24.6 Å². The minimum absolute atomic E-state index is 0.0751. The highest BCUT2D eigenvalue weighted by Gasteiger charge is 2.63. The monoisotopic (exact) mass is 601 g/mol. The molecule has 15 heteroatoms. The molecule has 1 amide bonds. The molecule has 4 aromatic heterocycles. The number of carbonyl (C=O) groups is 1. The maximum atomic E-state index is 13.4. The van der Waals surface area contributed by atoms with Crippen LogP contribution in [0.2, 0.25) is 0 Å². The van der Waals surface area contributed by atoms with Crippen LogP contribution < -0.4 is 10.2 Å². The molecule has 1 saturated heterocycles. The van der Waals surface area contributed by atoms with Gasteiger partial charge in [-0.05, 0) is 50.8 Å². The van der Waals surface area contributed by atoms with Crippen molar-refractivity contribution in [3.63, 3.8) is 0 Å². The molecule has 5 heterocycles. The summed E-state index contributed by atoms with van der Waals surface area (Å²) >= 11 is 0. The van der Waals surface area contributed by atoms with E-state index in [0.29, 0.717) is 59.8 Å². The van der Waals surface area contributed by atoms with Gasteiger partial charge in [0, 0.05) is 48.1 Å². The smallest absolute Gasteiger partial charge is 0.345 e. The predicted octanol–water partition coefficient (Wildman–Crippen LogP) is 4.42. The van der Waals surface area contributed by atoms with Crippen LogP contribution in [0.3, 0.4) is 0 Å². The average Bonchev–Trinajstić information content (AvgIpc) is 3.55. The summed E-state index contributed by atoms with van der Waals surface area (Å²) in [6, 6.07) is 5.35. The Morgan fingerprint density at radius 2 is 1.95 bits per heavy atom. The number of hydrogen-bond acceptors (Lipinski definition) is 9. The quantitative estimate of drug-likeness (QED) is 0.282. The number of nitrogens with one attached hydrogen (secondary N) is 1. The molecule has 0 unspecified atom stereocenters. The van der Waals surface area contributed by atoms with Crippen LogP contribution in [-0.2, 0) is 4.74 Å². The lowest BCUT2D eigenvalue weighted by Crippen LogP contribution is -2.70. The molecule has 226 valence electrons. The van der Waals surface area contributed by atoms with Gasteiger partial charge in [0.1, 0.15) is 5.60 Å². The van der Waals surface area contributed by atoms with Crippen molar-refractivity contribution < 1.29 is 36.7 Å². The Kier molecular flexibility index (Phi) is 6.43. The van der Waals surface area contributed by atoms with Crippen molar-refractivity contribution in [1.29, 1.82) is 0 Å². The predicted molar refractivity (Wildman–Crippen MR) is 143 cm³/mol. The fourth-order valence-electron chi connectivity index (χ4n) is 6.43. The van der Waals surface area contributed by atoms with Crippen molar-refractivity contribution in [3.8, 4) is 11.4 Å². The first-order valence-corrected chi connectivity index (χ1v) is 13.8. The molecule has 3 fully saturated rings. The third-order valence-corrected chi connectivity index (χ3v) is 8.71. The Labute approximate surface area is 241 Å². The van der Waals surface area contributed by atoms with Crippen LogP contribution in [0, 0.1) is 12.3 Å². The Balaban J connectivity index is 1.04. The van der Waals surface area contributed by atoms with Gasteiger partial charge in [0.05, 0.1) is 34.8 Å². The van der Waals surface area contributed by atoms with Gasteiger partial charge in [-0.1, -0.05) is 5.16 Å². The molecule has 43 heavy (non-hydrogen) atoms. The standard InChI is InChI=1S/C28H27F4N7O4/c1-14-20(6-16(8-33-14)22-36-24(43-37-22)15-4-18(5-15)42-26(31)32)35-23(40)19-9-34-39-3-2-17(7-21(19)39)38-12-27(13-38)10-28(41,11-27)25(29)30/h2-3,6-9,15,18,25-26,41H,4-5,10-13H2,1H3,(H,35,40). The van der Waals surface area contributed by atoms with Gasteiger partial charge >= 0.3 is 6.61 Å². The van der Waals surface area contributed by atoms with E-state index in [1.54, 1.807) is 29.9 Å². The number of anilines is 2. The number of amides is 1. The van der Waals surface area contributed by atoms with Crippen molar-refractivity contribution >= 4 is 22.8 Å². The molecule has 0 atom stereocenters. The van der Waals surface area contributed by atoms with Gasteiger partial charge in [0.25, 0.3) is 12.3 Å². The number of hydrogen-bond donors (Lipinski definition) is 2. The second-order valence-electron chi connectivity index (χ2n) is 11.8. The number of pyridine rings is 2. The maximum absolute atomic E-state index is 13.4. The fraction of sp³-hybridized carbons (Fsp3) is 0.464. The van der Waals surface area contributed by atoms with E-state index in [2.05, 4.69) is 30.3 Å². The van der Waals surface area contributed by atoms with E-state index >= 15 is 0 Å². The van der Waals surface area contributed by atoms with Gasteiger partial charge in [-0.15, -0.1) is 0 Å². The molecular formula is C28H27F4N7O4.